The number of aliphatic imine (C=N–C) groups is 2. The van der Waals surface area contributed by atoms with E-state index in [9.17, 15) is 0 Å². The van der Waals surface area contributed by atoms with Crippen LogP contribution in [0, 0.1) is 0 Å². The molecular weight excluding hydrogens is 262 g/mol. The van der Waals surface area contributed by atoms with E-state index in [4.69, 9.17) is 4.74 Å². The summed E-state index contributed by atoms with van der Waals surface area (Å²) >= 11 is 4.64. The number of nitrogens with zero attached hydrogens (tertiary/aromatic N) is 3. The third-order valence-electron chi connectivity index (χ3n) is 3.52. The molecule has 19 heavy (non-hydrogen) atoms. The van der Waals surface area contributed by atoms with Crippen LogP contribution in [0.25, 0.3) is 0 Å². The number of halogens is 1. The lowest BCUT2D eigenvalue weighted by molar-refractivity contribution is 0.0395. The zero-order valence-corrected chi connectivity index (χ0v) is 12.7. The molecule has 0 aromatic carbocycles. The number of ether oxygens (including phenoxy) is 1. The molecule has 0 aromatic rings. The maximum atomic E-state index is 5.30. The molecule has 1 aliphatic carbocycles. The van der Waals surface area contributed by atoms with Crippen LogP contribution in [0.15, 0.2) is 9.98 Å². The predicted octanol–water partition coefficient (Wildman–Crippen LogP) is 2.68. The summed E-state index contributed by atoms with van der Waals surface area (Å²) in [5.41, 5.74) is 0. The lowest BCUT2D eigenvalue weighted by Crippen LogP contribution is -2.37. The van der Waals surface area contributed by atoms with E-state index in [1.165, 1.54) is 38.5 Å². The van der Waals surface area contributed by atoms with Gasteiger partial charge in [0.1, 0.15) is 0 Å². The Morgan fingerprint density at radius 3 is 2.53 bits per heavy atom. The minimum absolute atomic E-state index is 0.496. The van der Waals surface area contributed by atoms with Crippen molar-refractivity contribution in [1.82, 2.24) is 4.90 Å². The van der Waals surface area contributed by atoms with Crippen molar-refractivity contribution in [2.24, 2.45) is 9.98 Å². The molecule has 0 radical (unpaired) electrons. The predicted molar refractivity (Wildman–Crippen MR) is 80.6 cm³/mol. The summed E-state index contributed by atoms with van der Waals surface area (Å²) in [7, 11) is 0. The van der Waals surface area contributed by atoms with E-state index in [1.807, 2.05) is 0 Å². The Morgan fingerprint density at radius 2 is 1.84 bits per heavy atom. The van der Waals surface area contributed by atoms with Gasteiger partial charge in [-0.3, -0.25) is 4.90 Å². The molecule has 1 heterocycles. The first kappa shape index (κ1) is 16.6. The van der Waals surface area contributed by atoms with E-state index in [-0.39, 0.29) is 0 Å². The van der Waals surface area contributed by atoms with Crippen molar-refractivity contribution in [2.45, 2.75) is 38.1 Å². The molecule has 2 aliphatic rings. The highest BCUT2D eigenvalue weighted by Crippen LogP contribution is 2.19. The van der Waals surface area contributed by atoms with Crippen molar-refractivity contribution in [3.63, 3.8) is 0 Å². The Kier molecular flexibility index (Phi) is 10.0. The largest absolute Gasteiger partial charge is 0.379 e. The molecule has 0 unspecified atom stereocenters. The van der Waals surface area contributed by atoms with Gasteiger partial charge in [-0.05, 0) is 12.8 Å². The molecule has 5 heteroatoms. The van der Waals surface area contributed by atoms with Gasteiger partial charge < -0.3 is 4.74 Å². The van der Waals surface area contributed by atoms with Gasteiger partial charge in [0.2, 0.25) is 0 Å². The SMILES string of the molecule is C(=NCCN1CCOCC1)=NC1CCCCC1.CCl. The van der Waals surface area contributed by atoms with Crippen LogP contribution in [0.3, 0.4) is 0 Å². The smallest absolute Gasteiger partial charge is 0.0895 e. The second-order valence-electron chi connectivity index (χ2n) is 4.86. The monoisotopic (exact) mass is 287 g/mol. The van der Waals surface area contributed by atoms with Crippen molar-refractivity contribution in [3.05, 3.63) is 0 Å². The third-order valence-corrected chi connectivity index (χ3v) is 3.52. The summed E-state index contributed by atoms with van der Waals surface area (Å²) in [5.74, 6) is 0. The van der Waals surface area contributed by atoms with E-state index >= 15 is 0 Å². The highest BCUT2D eigenvalue weighted by molar-refractivity contribution is 6.15. The van der Waals surface area contributed by atoms with Crippen molar-refractivity contribution in [2.75, 3.05) is 45.8 Å². The third kappa shape index (κ3) is 7.68. The first-order chi connectivity index (χ1) is 9.45. The molecule has 1 saturated carbocycles. The Morgan fingerprint density at radius 1 is 1.16 bits per heavy atom. The molecule has 0 spiro atoms. The van der Waals surface area contributed by atoms with Gasteiger partial charge >= 0.3 is 0 Å². The lowest BCUT2D eigenvalue weighted by atomic mass is 9.96. The van der Waals surface area contributed by atoms with Gasteiger partial charge in [-0.15, -0.1) is 11.6 Å². The highest BCUT2D eigenvalue weighted by Gasteiger charge is 2.11. The maximum Gasteiger partial charge on any atom is 0.0895 e. The summed E-state index contributed by atoms with van der Waals surface area (Å²) < 4.78 is 5.30. The van der Waals surface area contributed by atoms with Gasteiger partial charge in [0.15, 0.2) is 0 Å². The second kappa shape index (κ2) is 11.4. The molecule has 0 atom stereocenters. The fourth-order valence-corrected chi connectivity index (χ4v) is 2.40. The minimum atomic E-state index is 0.496. The average molecular weight is 288 g/mol. The van der Waals surface area contributed by atoms with Crippen molar-refractivity contribution in [1.29, 1.82) is 0 Å². The molecule has 1 saturated heterocycles. The molecular formula is C14H26ClN3O. The molecule has 110 valence electrons. The maximum absolute atomic E-state index is 5.30. The van der Waals surface area contributed by atoms with Gasteiger partial charge in [-0.2, -0.15) is 0 Å². The van der Waals surface area contributed by atoms with Crippen LogP contribution in [0.5, 0.6) is 0 Å². The summed E-state index contributed by atoms with van der Waals surface area (Å²) in [5, 5.41) is 0. The van der Waals surface area contributed by atoms with E-state index in [2.05, 4.69) is 32.5 Å². The Balaban J connectivity index is 0.000000861. The standard InChI is InChI=1S/C13H23N3O.CH3Cl/c1-2-4-13(5-3-1)15-12-14-6-7-16-8-10-17-11-9-16;1-2/h13H,1-11H2;1H3. The van der Waals surface area contributed by atoms with Crippen LogP contribution >= 0.6 is 11.6 Å². The Hall–Kier alpha value is -0.410. The second-order valence-corrected chi connectivity index (χ2v) is 4.86. The average Bonchev–Trinajstić information content (AvgIpc) is 2.51. The van der Waals surface area contributed by atoms with E-state index in [0.29, 0.717) is 6.04 Å². The number of hydrogen-bond acceptors (Lipinski definition) is 4. The number of rotatable bonds is 4. The van der Waals surface area contributed by atoms with Gasteiger partial charge in [-0.25, -0.2) is 9.98 Å². The molecule has 0 N–H and O–H groups in total. The molecule has 2 rings (SSSR count). The van der Waals surface area contributed by atoms with Gasteiger partial charge in [0.05, 0.1) is 31.8 Å². The van der Waals surface area contributed by atoms with Gasteiger partial charge in [0.25, 0.3) is 0 Å². The molecule has 2 fully saturated rings. The van der Waals surface area contributed by atoms with Crippen LogP contribution in [0.4, 0.5) is 0 Å². The highest BCUT2D eigenvalue weighted by atomic mass is 35.5. The first-order valence-electron chi connectivity index (χ1n) is 7.24. The molecule has 0 amide bonds. The summed E-state index contributed by atoms with van der Waals surface area (Å²) in [6, 6.07) is 3.38. The summed E-state index contributed by atoms with van der Waals surface area (Å²) in [4.78, 5) is 11.1. The number of morpholine rings is 1. The van der Waals surface area contributed by atoms with E-state index < -0.39 is 0 Å². The first-order valence-corrected chi connectivity index (χ1v) is 8.00. The van der Waals surface area contributed by atoms with Crippen molar-refractivity contribution >= 4 is 17.6 Å². The molecule has 0 aromatic heterocycles. The molecule has 0 bridgehead atoms. The fourth-order valence-electron chi connectivity index (χ4n) is 2.40. The Bertz CT molecular complexity index is 268. The normalized spacial score (nSPS) is 20.9. The van der Waals surface area contributed by atoms with E-state index in [1.54, 1.807) is 0 Å². The van der Waals surface area contributed by atoms with E-state index in [0.717, 1.165) is 39.4 Å². The zero-order chi connectivity index (χ0) is 13.8. The Labute approximate surface area is 121 Å². The zero-order valence-electron chi connectivity index (χ0n) is 12.0. The van der Waals surface area contributed by atoms with Crippen molar-refractivity contribution < 1.29 is 4.74 Å². The topological polar surface area (TPSA) is 37.2 Å². The molecule has 4 nitrogen and oxygen atoms in total. The quantitative estimate of drug-likeness (QED) is 0.589. The van der Waals surface area contributed by atoms with Crippen LogP contribution < -0.4 is 0 Å². The lowest BCUT2D eigenvalue weighted by Gasteiger charge is -2.25. The summed E-state index contributed by atoms with van der Waals surface area (Å²) in [6.07, 6.45) is 7.95. The fraction of sp³-hybridized carbons (Fsp3) is 0.929. The molecule has 1 aliphatic heterocycles. The summed E-state index contributed by atoms with van der Waals surface area (Å²) in [6.45, 7) is 5.62. The van der Waals surface area contributed by atoms with Crippen LogP contribution in [-0.2, 0) is 4.74 Å². The van der Waals surface area contributed by atoms with Crippen LogP contribution in [-0.4, -0.2) is 62.7 Å². The van der Waals surface area contributed by atoms with Crippen LogP contribution in [0.1, 0.15) is 32.1 Å². The van der Waals surface area contributed by atoms with Crippen molar-refractivity contribution in [3.8, 4) is 0 Å². The van der Waals surface area contributed by atoms with Gasteiger partial charge in [0, 0.05) is 26.0 Å². The number of hydrogen-bond donors (Lipinski definition) is 0. The minimum Gasteiger partial charge on any atom is -0.379 e. The van der Waals surface area contributed by atoms with Crippen LogP contribution in [0.2, 0.25) is 0 Å². The number of alkyl halides is 1. The van der Waals surface area contributed by atoms with Gasteiger partial charge in [-0.1, -0.05) is 19.3 Å².